The quantitative estimate of drug-likeness (QED) is 0.726. The fourth-order valence-corrected chi connectivity index (χ4v) is 4.01. The largest absolute Gasteiger partial charge is 0.508 e. The van der Waals surface area contributed by atoms with E-state index in [4.69, 9.17) is 0 Å². The van der Waals surface area contributed by atoms with E-state index in [1.54, 1.807) is 11.4 Å². The van der Waals surface area contributed by atoms with E-state index in [-0.39, 0.29) is 23.3 Å². The van der Waals surface area contributed by atoms with Crippen LogP contribution in [0.4, 0.5) is 5.13 Å². The first kappa shape index (κ1) is 17.7. The zero-order valence-electron chi connectivity index (χ0n) is 14.2. The van der Waals surface area contributed by atoms with Crippen molar-refractivity contribution in [2.45, 2.75) is 51.4 Å². The summed E-state index contributed by atoms with van der Waals surface area (Å²) >= 11 is 1.35. The maximum atomic E-state index is 12.6. The second-order valence-electron chi connectivity index (χ2n) is 6.62. The van der Waals surface area contributed by atoms with Crippen molar-refractivity contribution in [1.82, 2.24) is 4.98 Å². The van der Waals surface area contributed by atoms with Crippen LogP contribution in [0.5, 0.6) is 11.5 Å². The highest BCUT2D eigenvalue weighted by Gasteiger charge is 2.20. The Labute approximate surface area is 151 Å². The monoisotopic (exact) mass is 360 g/mol. The summed E-state index contributed by atoms with van der Waals surface area (Å²) < 4.78 is 0. The molecule has 0 bridgehead atoms. The van der Waals surface area contributed by atoms with Gasteiger partial charge in [0.05, 0.1) is 5.69 Å². The van der Waals surface area contributed by atoms with Crippen LogP contribution in [0, 0.1) is 5.92 Å². The van der Waals surface area contributed by atoms with Gasteiger partial charge in [0.2, 0.25) is 5.91 Å². The molecule has 3 rings (SSSR count). The summed E-state index contributed by atoms with van der Waals surface area (Å²) in [6.45, 7) is 0. The van der Waals surface area contributed by atoms with Gasteiger partial charge in [-0.05, 0) is 25.0 Å². The van der Waals surface area contributed by atoms with Gasteiger partial charge in [0.15, 0.2) is 5.13 Å². The molecular weight excluding hydrogens is 336 g/mol. The molecule has 1 aliphatic rings. The molecule has 5 nitrogen and oxygen atoms in total. The molecule has 0 spiro atoms. The Morgan fingerprint density at radius 1 is 1.08 bits per heavy atom. The summed E-state index contributed by atoms with van der Waals surface area (Å²) in [6.07, 6.45) is 9.11. The van der Waals surface area contributed by atoms with Gasteiger partial charge in [-0.25, -0.2) is 4.98 Å². The van der Waals surface area contributed by atoms with Crippen molar-refractivity contribution in [1.29, 1.82) is 0 Å². The van der Waals surface area contributed by atoms with Crippen molar-refractivity contribution >= 4 is 22.4 Å². The van der Waals surface area contributed by atoms with Gasteiger partial charge in [-0.15, -0.1) is 11.3 Å². The van der Waals surface area contributed by atoms with Crippen molar-refractivity contribution in [3.8, 4) is 22.8 Å². The number of hydrogen-bond acceptors (Lipinski definition) is 5. The van der Waals surface area contributed by atoms with Crippen molar-refractivity contribution < 1.29 is 15.0 Å². The van der Waals surface area contributed by atoms with Gasteiger partial charge < -0.3 is 15.5 Å². The van der Waals surface area contributed by atoms with Gasteiger partial charge in [0, 0.05) is 22.9 Å². The maximum absolute atomic E-state index is 12.6. The van der Waals surface area contributed by atoms with Crippen LogP contribution in [0.2, 0.25) is 0 Å². The van der Waals surface area contributed by atoms with Crippen molar-refractivity contribution in [2.24, 2.45) is 5.92 Å². The van der Waals surface area contributed by atoms with Crippen LogP contribution < -0.4 is 5.32 Å². The fourth-order valence-electron chi connectivity index (χ4n) is 3.29. The predicted molar refractivity (Wildman–Crippen MR) is 99.9 cm³/mol. The van der Waals surface area contributed by atoms with Crippen LogP contribution in [0.15, 0.2) is 23.6 Å². The molecule has 6 heteroatoms. The highest BCUT2D eigenvalue weighted by molar-refractivity contribution is 7.14. The number of benzene rings is 1. The van der Waals surface area contributed by atoms with Crippen molar-refractivity contribution in [2.75, 3.05) is 5.32 Å². The molecule has 1 aliphatic carbocycles. The van der Waals surface area contributed by atoms with Gasteiger partial charge in [0.25, 0.3) is 0 Å². The molecule has 0 unspecified atom stereocenters. The smallest absolute Gasteiger partial charge is 0.229 e. The Morgan fingerprint density at radius 3 is 2.44 bits per heavy atom. The maximum Gasteiger partial charge on any atom is 0.229 e. The third-order valence-corrected chi connectivity index (χ3v) is 5.48. The molecule has 3 N–H and O–H groups in total. The molecular formula is C19H24N2O3S. The zero-order valence-corrected chi connectivity index (χ0v) is 15.0. The van der Waals surface area contributed by atoms with Crippen LogP contribution >= 0.6 is 11.3 Å². The fraction of sp³-hybridized carbons (Fsp3) is 0.474. The second kappa shape index (κ2) is 8.34. The third-order valence-electron chi connectivity index (χ3n) is 4.72. The van der Waals surface area contributed by atoms with E-state index >= 15 is 0 Å². The molecule has 1 fully saturated rings. The first-order valence-electron chi connectivity index (χ1n) is 8.92. The van der Waals surface area contributed by atoms with Gasteiger partial charge in [-0.1, -0.05) is 38.5 Å². The van der Waals surface area contributed by atoms with E-state index in [0.29, 0.717) is 16.4 Å². The normalized spacial score (nSPS) is 16.6. The first-order valence-corrected chi connectivity index (χ1v) is 9.80. The van der Waals surface area contributed by atoms with Crippen LogP contribution in [0.25, 0.3) is 11.3 Å². The Bertz CT molecular complexity index is 719. The summed E-state index contributed by atoms with van der Waals surface area (Å²) in [7, 11) is 0. The van der Waals surface area contributed by atoms with E-state index in [1.807, 2.05) is 0 Å². The molecule has 0 radical (unpaired) electrons. The summed E-state index contributed by atoms with van der Waals surface area (Å²) in [6, 6.07) is 4.40. The summed E-state index contributed by atoms with van der Waals surface area (Å²) in [5, 5.41) is 24.6. The predicted octanol–water partition coefficient (Wildman–Crippen LogP) is 4.91. The molecule has 1 heterocycles. The highest BCUT2D eigenvalue weighted by atomic mass is 32.1. The lowest BCUT2D eigenvalue weighted by Crippen LogP contribution is -2.22. The number of nitrogens with one attached hydrogen (secondary N) is 1. The van der Waals surface area contributed by atoms with Crippen molar-refractivity contribution in [3.05, 3.63) is 23.6 Å². The van der Waals surface area contributed by atoms with Gasteiger partial charge in [-0.2, -0.15) is 0 Å². The minimum absolute atomic E-state index is 0.00482. The third kappa shape index (κ3) is 4.72. The summed E-state index contributed by atoms with van der Waals surface area (Å²) in [4.78, 5) is 17.0. The Hall–Kier alpha value is -2.08. The highest BCUT2D eigenvalue weighted by Crippen LogP contribution is 2.34. The Kier molecular flexibility index (Phi) is 5.91. The van der Waals surface area contributed by atoms with E-state index in [2.05, 4.69) is 10.3 Å². The van der Waals surface area contributed by atoms with Crippen LogP contribution in [0.1, 0.15) is 51.4 Å². The van der Waals surface area contributed by atoms with E-state index < -0.39 is 0 Å². The number of aromatic nitrogens is 1. The number of nitrogens with zero attached hydrogens (tertiary/aromatic N) is 1. The van der Waals surface area contributed by atoms with Gasteiger partial charge >= 0.3 is 0 Å². The molecule has 1 aromatic heterocycles. The lowest BCUT2D eigenvalue weighted by molar-refractivity contribution is -0.120. The Balaban J connectivity index is 1.66. The Morgan fingerprint density at radius 2 is 1.76 bits per heavy atom. The lowest BCUT2D eigenvalue weighted by Gasteiger charge is -2.14. The number of thiazole rings is 1. The number of amides is 1. The van der Waals surface area contributed by atoms with E-state index in [9.17, 15) is 15.0 Å². The van der Waals surface area contributed by atoms with E-state index in [0.717, 1.165) is 25.7 Å². The number of phenols is 2. The first-order chi connectivity index (χ1) is 12.1. The van der Waals surface area contributed by atoms with Gasteiger partial charge in [0.1, 0.15) is 11.5 Å². The molecule has 1 amide bonds. The number of anilines is 1. The van der Waals surface area contributed by atoms with Crippen LogP contribution in [0.3, 0.4) is 0 Å². The molecule has 0 atom stereocenters. The van der Waals surface area contributed by atoms with Crippen LogP contribution in [-0.4, -0.2) is 21.1 Å². The number of carbonyl (C=O) groups is 1. The molecule has 1 aromatic carbocycles. The molecule has 134 valence electrons. The SMILES string of the molecule is O=C(Nc1nc(-c2ccc(O)cc2O)cs1)C1CCCCCCCC1. The number of carbonyl (C=O) groups excluding carboxylic acids is 1. The standard InChI is InChI=1S/C19H24N2O3S/c22-14-9-10-15(17(23)11-14)16-12-25-19(20-16)21-18(24)13-7-5-3-1-2-4-6-8-13/h9-13,22-23H,1-8H2,(H,20,21,24). The second-order valence-corrected chi connectivity index (χ2v) is 7.48. The average molecular weight is 360 g/mol. The lowest BCUT2D eigenvalue weighted by atomic mass is 9.96. The number of rotatable bonds is 3. The summed E-state index contributed by atoms with van der Waals surface area (Å²) in [5.41, 5.74) is 1.13. The van der Waals surface area contributed by atoms with Gasteiger partial charge in [-0.3, -0.25) is 4.79 Å². The molecule has 0 aliphatic heterocycles. The molecule has 2 aromatic rings. The minimum atomic E-state index is -0.0283. The summed E-state index contributed by atoms with van der Waals surface area (Å²) in [5.74, 6) is 0.0925. The zero-order chi connectivity index (χ0) is 17.6. The average Bonchev–Trinajstić information content (AvgIpc) is 3.07. The van der Waals surface area contributed by atoms with E-state index in [1.165, 1.54) is 49.2 Å². The molecule has 1 saturated carbocycles. The number of hydrogen-bond donors (Lipinski definition) is 3. The topological polar surface area (TPSA) is 82.5 Å². The number of phenolic OH excluding ortho intramolecular Hbond substituents is 2. The molecule has 0 saturated heterocycles. The molecule has 25 heavy (non-hydrogen) atoms. The number of aromatic hydroxyl groups is 2. The van der Waals surface area contributed by atoms with Crippen molar-refractivity contribution in [3.63, 3.8) is 0 Å². The minimum Gasteiger partial charge on any atom is -0.508 e. The van der Waals surface area contributed by atoms with Crippen LogP contribution in [-0.2, 0) is 4.79 Å².